The Bertz CT molecular complexity index is 1480. The van der Waals surface area contributed by atoms with Crippen LogP contribution in [-0.4, -0.2) is 32.1 Å². The molecule has 0 saturated heterocycles. The zero-order chi connectivity index (χ0) is 25.6. The van der Waals surface area contributed by atoms with Crippen molar-refractivity contribution in [3.8, 4) is 11.3 Å². The molecule has 2 aromatic heterocycles. The van der Waals surface area contributed by atoms with Gasteiger partial charge < -0.3 is 5.32 Å². The molecule has 3 heterocycles. The number of nitrogens with zero attached hydrogens (tertiary/aromatic N) is 8. The zero-order valence-electron chi connectivity index (χ0n) is 20.5. The summed E-state index contributed by atoms with van der Waals surface area (Å²) < 4.78 is 1.71. The number of fused-ring (bicyclic) bond motifs is 1. The third-order valence-corrected chi connectivity index (χ3v) is 6.24. The molecule has 0 fully saturated rings. The Hall–Kier alpha value is -4.69. The van der Waals surface area contributed by atoms with Gasteiger partial charge in [0.2, 0.25) is 11.9 Å². The predicted octanol–water partition coefficient (Wildman–Crippen LogP) is 5.10. The van der Waals surface area contributed by atoms with Gasteiger partial charge >= 0.3 is 0 Å². The summed E-state index contributed by atoms with van der Waals surface area (Å²) in [7, 11) is 0. The standard InChI is InChI=1S/C27H27N9O/c1-19(16-20-8-10-21(11-9-20)18-30-34-28)31-26-29-13-12-24(33-26)35-14-5-15-36-25(37)17-23(32-27(35)36)22-6-3-2-4-7-22/h2-4,6-13,17,19H,5,14-16,18H2,1H3,(H,29,31,33). The van der Waals surface area contributed by atoms with E-state index in [2.05, 4.69) is 27.3 Å². The lowest BCUT2D eigenvalue weighted by atomic mass is 10.1. The summed E-state index contributed by atoms with van der Waals surface area (Å²) in [5, 5.41) is 6.99. The summed E-state index contributed by atoms with van der Waals surface area (Å²) in [6.45, 7) is 3.76. The van der Waals surface area contributed by atoms with Gasteiger partial charge in [0, 0.05) is 41.9 Å². The highest BCUT2D eigenvalue weighted by Gasteiger charge is 2.23. The fourth-order valence-corrected chi connectivity index (χ4v) is 4.46. The molecular formula is C27H27N9O. The molecule has 1 aliphatic rings. The zero-order valence-corrected chi connectivity index (χ0v) is 20.5. The quantitative estimate of drug-likeness (QED) is 0.207. The highest BCUT2D eigenvalue weighted by Crippen LogP contribution is 2.28. The molecule has 4 aromatic rings. The minimum atomic E-state index is -0.0694. The molecule has 2 aromatic carbocycles. The van der Waals surface area contributed by atoms with Gasteiger partial charge in [-0.25, -0.2) is 9.97 Å². The summed E-state index contributed by atoms with van der Waals surface area (Å²) in [4.78, 5) is 31.7. The summed E-state index contributed by atoms with van der Waals surface area (Å²) in [5.41, 5.74) is 12.1. The molecule has 1 atom stereocenters. The van der Waals surface area contributed by atoms with Crippen molar-refractivity contribution in [1.29, 1.82) is 0 Å². The Kier molecular flexibility index (Phi) is 7.09. The second-order valence-electron chi connectivity index (χ2n) is 9.00. The van der Waals surface area contributed by atoms with Crippen LogP contribution in [0.25, 0.3) is 21.7 Å². The fourth-order valence-electron chi connectivity index (χ4n) is 4.46. The molecule has 0 spiro atoms. The molecule has 1 unspecified atom stereocenters. The highest BCUT2D eigenvalue weighted by atomic mass is 16.1. The Balaban J connectivity index is 1.35. The van der Waals surface area contributed by atoms with Gasteiger partial charge in [0.25, 0.3) is 5.56 Å². The smallest absolute Gasteiger partial charge is 0.255 e. The van der Waals surface area contributed by atoms with Crippen molar-refractivity contribution in [2.45, 2.75) is 38.9 Å². The molecular weight excluding hydrogens is 466 g/mol. The van der Waals surface area contributed by atoms with Crippen molar-refractivity contribution in [1.82, 2.24) is 19.5 Å². The third kappa shape index (κ3) is 5.60. The average molecular weight is 494 g/mol. The van der Waals surface area contributed by atoms with E-state index in [4.69, 9.17) is 15.5 Å². The van der Waals surface area contributed by atoms with Crippen LogP contribution < -0.4 is 15.8 Å². The molecule has 0 bridgehead atoms. The molecule has 10 heteroatoms. The van der Waals surface area contributed by atoms with Gasteiger partial charge in [0.05, 0.1) is 12.2 Å². The SMILES string of the molecule is CC(Cc1ccc(CN=[N+]=[N-])cc1)Nc1nccc(N2CCCn3c2nc(-c2ccccc2)cc3=O)n1. The van der Waals surface area contributed by atoms with Crippen LogP contribution in [0.5, 0.6) is 0 Å². The number of aromatic nitrogens is 4. The molecule has 37 heavy (non-hydrogen) atoms. The van der Waals surface area contributed by atoms with Crippen molar-refractivity contribution < 1.29 is 0 Å². The molecule has 0 radical (unpaired) electrons. The van der Waals surface area contributed by atoms with Crippen molar-refractivity contribution in [2.24, 2.45) is 5.11 Å². The van der Waals surface area contributed by atoms with Gasteiger partial charge in [-0.05, 0) is 42.5 Å². The molecule has 5 rings (SSSR count). The Morgan fingerprint density at radius 2 is 1.84 bits per heavy atom. The summed E-state index contributed by atoms with van der Waals surface area (Å²) in [5.74, 6) is 1.80. The summed E-state index contributed by atoms with van der Waals surface area (Å²) >= 11 is 0. The molecule has 0 amide bonds. The first-order chi connectivity index (χ1) is 18.1. The van der Waals surface area contributed by atoms with Gasteiger partial charge in [0.1, 0.15) is 5.82 Å². The van der Waals surface area contributed by atoms with Crippen LogP contribution in [0.3, 0.4) is 0 Å². The Morgan fingerprint density at radius 1 is 1.05 bits per heavy atom. The normalized spacial score (nSPS) is 13.4. The number of hydrogen-bond acceptors (Lipinski definition) is 7. The summed E-state index contributed by atoms with van der Waals surface area (Å²) in [6, 6.07) is 21.3. The lowest BCUT2D eigenvalue weighted by Crippen LogP contribution is -2.36. The van der Waals surface area contributed by atoms with E-state index in [0.717, 1.165) is 29.5 Å². The van der Waals surface area contributed by atoms with Crippen molar-refractivity contribution in [3.63, 3.8) is 0 Å². The maximum Gasteiger partial charge on any atom is 0.255 e. The number of anilines is 3. The second kappa shape index (κ2) is 10.9. The first-order valence-corrected chi connectivity index (χ1v) is 12.2. The van der Waals surface area contributed by atoms with Gasteiger partial charge in [-0.15, -0.1) is 0 Å². The maximum atomic E-state index is 12.9. The molecule has 1 aliphatic heterocycles. The maximum absolute atomic E-state index is 12.9. The van der Waals surface area contributed by atoms with Crippen LogP contribution in [0.2, 0.25) is 0 Å². The average Bonchev–Trinajstić information content (AvgIpc) is 2.93. The van der Waals surface area contributed by atoms with E-state index < -0.39 is 0 Å². The summed E-state index contributed by atoms with van der Waals surface area (Å²) in [6.07, 6.45) is 3.32. The van der Waals surface area contributed by atoms with Crippen LogP contribution in [-0.2, 0) is 19.5 Å². The molecule has 0 aliphatic carbocycles. The molecule has 0 saturated carbocycles. The largest absolute Gasteiger partial charge is 0.351 e. The first-order valence-electron chi connectivity index (χ1n) is 12.2. The van der Waals surface area contributed by atoms with E-state index in [-0.39, 0.29) is 11.6 Å². The van der Waals surface area contributed by atoms with Crippen LogP contribution in [0.15, 0.2) is 82.8 Å². The van der Waals surface area contributed by atoms with Crippen molar-refractivity contribution >= 4 is 17.7 Å². The minimum absolute atomic E-state index is 0.0694. The first kappa shape index (κ1) is 24.0. The van der Waals surface area contributed by atoms with E-state index in [9.17, 15) is 4.79 Å². The third-order valence-electron chi connectivity index (χ3n) is 6.24. The van der Waals surface area contributed by atoms with E-state index in [1.54, 1.807) is 16.8 Å². The van der Waals surface area contributed by atoms with Crippen LogP contribution in [0.1, 0.15) is 24.5 Å². The van der Waals surface area contributed by atoms with Crippen LogP contribution >= 0.6 is 0 Å². The van der Waals surface area contributed by atoms with Gasteiger partial charge in [-0.3, -0.25) is 14.3 Å². The van der Waals surface area contributed by atoms with E-state index in [1.807, 2.05) is 65.6 Å². The lowest BCUT2D eigenvalue weighted by molar-refractivity contribution is 0.561. The number of benzene rings is 2. The monoisotopic (exact) mass is 493 g/mol. The highest BCUT2D eigenvalue weighted by molar-refractivity contribution is 5.63. The molecule has 186 valence electrons. The van der Waals surface area contributed by atoms with Gasteiger partial charge in [0.15, 0.2) is 0 Å². The molecule has 1 N–H and O–H groups in total. The molecule has 10 nitrogen and oxygen atoms in total. The Morgan fingerprint density at radius 3 is 2.62 bits per heavy atom. The van der Waals surface area contributed by atoms with Gasteiger partial charge in [-0.2, -0.15) is 4.98 Å². The number of azide groups is 1. The van der Waals surface area contributed by atoms with E-state index >= 15 is 0 Å². The second-order valence-corrected chi connectivity index (χ2v) is 9.00. The number of rotatable bonds is 8. The Labute approximate surface area is 214 Å². The van der Waals surface area contributed by atoms with Crippen LogP contribution in [0.4, 0.5) is 17.7 Å². The topological polar surface area (TPSA) is 125 Å². The number of hydrogen-bond donors (Lipinski definition) is 1. The number of nitrogens with one attached hydrogen (secondary N) is 1. The minimum Gasteiger partial charge on any atom is -0.351 e. The van der Waals surface area contributed by atoms with Crippen molar-refractivity contribution in [3.05, 3.63) is 105 Å². The van der Waals surface area contributed by atoms with Crippen molar-refractivity contribution in [2.75, 3.05) is 16.8 Å². The van der Waals surface area contributed by atoms with Crippen LogP contribution in [0, 0.1) is 0 Å². The fraction of sp³-hybridized carbons (Fsp3) is 0.259. The van der Waals surface area contributed by atoms with Gasteiger partial charge in [-0.1, -0.05) is 59.7 Å². The lowest BCUT2D eigenvalue weighted by Gasteiger charge is -2.30. The van der Waals surface area contributed by atoms with E-state index in [1.165, 1.54) is 0 Å². The predicted molar refractivity (Wildman–Crippen MR) is 144 cm³/mol. The van der Waals surface area contributed by atoms with E-state index in [0.29, 0.717) is 43.0 Å².